The number of hydrogen-bond donors (Lipinski definition) is 1. The van der Waals surface area contributed by atoms with E-state index < -0.39 is 23.4 Å². The molecule has 138 valence electrons. The van der Waals surface area contributed by atoms with Gasteiger partial charge in [-0.1, -0.05) is 0 Å². The van der Waals surface area contributed by atoms with Crippen LogP contribution in [-0.4, -0.2) is 28.0 Å². The lowest BCUT2D eigenvalue weighted by Gasteiger charge is -2.09. The highest BCUT2D eigenvalue weighted by atomic mass is 16.6. The zero-order chi connectivity index (χ0) is 19.4. The molecule has 2 aromatic rings. The minimum absolute atomic E-state index is 0.0572. The molecule has 0 unspecified atom stereocenters. The maximum Gasteiger partial charge on any atom is 0.340 e. The molecule has 0 aliphatic heterocycles. The lowest BCUT2D eigenvalue weighted by molar-refractivity contribution is -0.384. The average molecular weight is 359 g/mol. The molecule has 0 saturated heterocycles. The van der Waals surface area contributed by atoms with E-state index in [-0.39, 0.29) is 5.69 Å². The van der Waals surface area contributed by atoms with Gasteiger partial charge in [-0.05, 0) is 45.4 Å². The van der Waals surface area contributed by atoms with Crippen molar-refractivity contribution in [3.63, 3.8) is 0 Å². The smallest absolute Gasteiger partial charge is 0.340 e. The van der Waals surface area contributed by atoms with Crippen LogP contribution in [0, 0.1) is 30.9 Å². The van der Waals surface area contributed by atoms with Crippen molar-refractivity contribution < 1.29 is 19.2 Å². The summed E-state index contributed by atoms with van der Waals surface area (Å²) < 4.78 is 7.07. The molecule has 0 saturated carbocycles. The number of nitrogens with one attached hydrogen (secondary N) is 1. The zero-order valence-electron chi connectivity index (χ0n) is 15.2. The number of hydrogen-bond acceptors (Lipinski definition) is 5. The molecule has 0 spiro atoms. The van der Waals surface area contributed by atoms with Gasteiger partial charge in [-0.15, -0.1) is 0 Å². The number of nitrogens with zero attached hydrogens (tertiary/aromatic N) is 2. The Balaban J connectivity index is 1.99. The van der Waals surface area contributed by atoms with E-state index in [0.717, 1.165) is 17.9 Å². The SMILES string of the molecule is CCn1c(C)cc(C(=O)OCC(=O)Nc2ccc([N+](=O)[O-])cc2C)c1C. The van der Waals surface area contributed by atoms with Crippen molar-refractivity contribution >= 4 is 23.3 Å². The van der Waals surface area contributed by atoms with Crippen LogP contribution in [0.1, 0.15) is 34.2 Å². The van der Waals surface area contributed by atoms with Gasteiger partial charge in [0.05, 0.1) is 10.5 Å². The van der Waals surface area contributed by atoms with E-state index in [1.54, 1.807) is 13.0 Å². The van der Waals surface area contributed by atoms with Gasteiger partial charge in [0, 0.05) is 35.8 Å². The zero-order valence-corrected chi connectivity index (χ0v) is 15.2. The highest BCUT2D eigenvalue weighted by Gasteiger charge is 2.18. The summed E-state index contributed by atoms with van der Waals surface area (Å²) >= 11 is 0. The van der Waals surface area contributed by atoms with Crippen molar-refractivity contribution in [1.29, 1.82) is 0 Å². The van der Waals surface area contributed by atoms with Crippen LogP contribution in [-0.2, 0) is 16.1 Å². The molecule has 2 rings (SSSR count). The Morgan fingerprint density at radius 3 is 2.46 bits per heavy atom. The Bertz CT molecular complexity index is 870. The van der Waals surface area contributed by atoms with Crippen LogP contribution in [0.4, 0.5) is 11.4 Å². The van der Waals surface area contributed by atoms with E-state index in [1.165, 1.54) is 18.2 Å². The van der Waals surface area contributed by atoms with Gasteiger partial charge in [0.1, 0.15) is 0 Å². The van der Waals surface area contributed by atoms with Crippen molar-refractivity contribution in [2.24, 2.45) is 0 Å². The van der Waals surface area contributed by atoms with Crippen molar-refractivity contribution in [3.8, 4) is 0 Å². The first-order valence-corrected chi connectivity index (χ1v) is 8.13. The van der Waals surface area contributed by atoms with Crippen molar-refractivity contribution in [3.05, 3.63) is 56.9 Å². The molecule has 0 aliphatic carbocycles. The van der Waals surface area contributed by atoms with E-state index in [4.69, 9.17) is 4.74 Å². The van der Waals surface area contributed by atoms with Gasteiger partial charge >= 0.3 is 5.97 Å². The van der Waals surface area contributed by atoms with E-state index >= 15 is 0 Å². The van der Waals surface area contributed by atoms with Gasteiger partial charge in [0.15, 0.2) is 6.61 Å². The fourth-order valence-corrected chi connectivity index (χ4v) is 2.79. The molecular weight excluding hydrogens is 338 g/mol. The van der Waals surface area contributed by atoms with Crippen molar-refractivity contribution in [2.45, 2.75) is 34.2 Å². The van der Waals surface area contributed by atoms with Crippen LogP contribution in [0.3, 0.4) is 0 Å². The van der Waals surface area contributed by atoms with Gasteiger partial charge < -0.3 is 14.6 Å². The molecule has 0 bridgehead atoms. The summed E-state index contributed by atoms with van der Waals surface area (Å²) in [5.74, 6) is -1.08. The predicted molar refractivity (Wildman–Crippen MR) is 96.3 cm³/mol. The van der Waals surface area contributed by atoms with E-state index in [2.05, 4.69) is 5.32 Å². The predicted octanol–water partition coefficient (Wildman–Crippen LogP) is 3.14. The second kappa shape index (κ2) is 7.81. The first-order chi connectivity index (χ1) is 12.2. The van der Waals surface area contributed by atoms with E-state index in [1.807, 2.05) is 25.3 Å². The number of carbonyl (C=O) groups is 2. The molecule has 0 fully saturated rings. The number of esters is 1. The fourth-order valence-electron chi connectivity index (χ4n) is 2.79. The van der Waals surface area contributed by atoms with Crippen molar-refractivity contribution in [2.75, 3.05) is 11.9 Å². The number of non-ortho nitro benzene ring substituents is 1. The summed E-state index contributed by atoms with van der Waals surface area (Å²) in [5.41, 5.74) is 3.09. The number of carbonyl (C=O) groups excluding carboxylic acids is 2. The highest BCUT2D eigenvalue weighted by molar-refractivity contribution is 5.96. The minimum Gasteiger partial charge on any atom is -0.452 e. The molecule has 1 amide bonds. The second-order valence-electron chi connectivity index (χ2n) is 5.91. The largest absolute Gasteiger partial charge is 0.452 e. The van der Waals surface area contributed by atoms with Crippen LogP contribution in [0.15, 0.2) is 24.3 Å². The fraction of sp³-hybridized carbons (Fsp3) is 0.333. The Labute approximate surface area is 150 Å². The number of benzene rings is 1. The summed E-state index contributed by atoms with van der Waals surface area (Å²) in [7, 11) is 0. The number of nitro groups is 1. The first kappa shape index (κ1) is 19.2. The van der Waals surface area contributed by atoms with Crippen molar-refractivity contribution in [1.82, 2.24) is 4.57 Å². The lowest BCUT2D eigenvalue weighted by atomic mass is 10.2. The third-order valence-corrected chi connectivity index (χ3v) is 4.14. The number of aryl methyl sites for hydroxylation is 2. The maximum atomic E-state index is 12.2. The molecule has 8 heteroatoms. The van der Waals surface area contributed by atoms with Crippen LogP contribution < -0.4 is 5.32 Å². The van der Waals surface area contributed by atoms with E-state index in [9.17, 15) is 19.7 Å². The molecule has 1 aromatic carbocycles. The minimum atomic E-state index is -0.562. The molecule has 1 aromatic heterocycles. The highest BCUT2D eigenvalue weighted by Crippen LogP contribution is 2.21. The Morgan fingerprint density at radius 2 is 1.92 bits per heavy atom. The summed E-state index contributed by atoms with van der Waals surface area (Å²) in [6.07, 6.45) is 0. The first-order valence-electron chi connectivity index (χ1n) is 8.13. The summed E-state index contributed by atoms with van der Waals surface area (Å²) in [6.45, 7) is 7.66. The molecule has 0 aliphatic rings. The van der Waals surface area contributed by atoms with Gasteiger partial charge in [0.25, 0.3) is 11.6 Å². The standard InChI is InChI=1S/C18H21N3O5/c1-5-20-12(3)9-15(13(20)4)18(23)26-10-17(22)19-16-7-6-14(21(24)25)8-11(16)2/h6-9H,5,10H2,1-4H3,(H,19,22). The monoisotopic (exact) mass is 359 g/mol. The normalized spacial score (nSPS) is 10.5. The quantitative estimate of drug-likeness (QED) is 0.485. The number of ether oxygens (including phenoxy) is 1. The third-order valence-electron chi connectivity index (χ3n) is 4.14. The van der Waals surface area contributed by atoms with Crippen LogP contribution in [0.25, 0.3) is 0 Å². The number of aromatic nitrogens is 1. The van der Waals surface area contributed by atoms with Crippen LogP contribution in [0.2, 0.25) is 0 Å². The molecule has 1 heterocycles. The average Bonchev–Trinajstić information content (AvgIpc) is 2.88. The third kappa shape index (κ3) is 4.08. The van der Waals surface area contributed by atoms with Gasteiger partial charge in [-0.25, -0.2) is 4.79 Å². The summed E-state index contributed by atoms with van der Waals surface area (Å²) in [6, 6.07) is 5.84. The molecular formula is C18H21N3O5. The second-order valence-corrected chi connectivity index (χ2v) is 5.91. The number of anilines is 1. The molecule has 1 N–H and O–H groups in total. The van der Waals surface area contributed by atoms with Crippen LogP contribution >= 0.6 is 0 Å². The van der Waals surface area contributed by atoms with E-state index in [0.29, 0.717) is 16.8 Å². The summed E-state index contributed by atoms with van der Waals surface area (Å²) in [4.78, 5) is 34.4. The lowest BCUT2D eigenvalue weighted by Crippen LogP contribution is -2.21. The van der Waals surface area contributed by atoms with Gasteiger partial charge in [-0.2, -0.15) is 0 Å². The maximum absolute atomic E-state index is 12.2. The Kier molecular flexibility index (Phi) is 5.76. The van der Waals surface area contributed by atoms with Gasteiger partial charge in [0.2, 0.25) is 0 Å². The van der Waals surface area contributed by atoms with Crippen LogP contribution in [0.5, 0.6) is 0 Å². The summed E-state index contributed by atoms with van der Waals surface area (Å²) in [5, 5.41) is 13.3. The molecule has 0 atom stereocenters. The Morgan fingerprint density at radius 1 is 1.23 bits per heavy atom. The Hall–Kier alpha value is -3.16. The van der Waals surface area contributed by atoms with Gasteiger partial charge in [-0.3, -0.25) is 14.9 Å². The molecule has 8 nitrogen and oxygen atoms in total. The number of rotatable bonds is 6. The molecule has 26 heavy (non-hydrogen) atoms. The topological polar surface area (TPSA) is 103 Å². The number of amides is 1. The molecule has 0 radical (unpaired) electrons. The number of nitro benzene ring substituents is 1.